The number of hydrogen-bond acceptors (Lipinski definition) is 5. The lowest BCUT2D eigenvalue weighted by atomic mass is 10.1. The summed E-state index contributed by atoms with van der Waals surface area (Å²) in [7, 11) is 0. The van der Waals surface area contributed by atoms with E-state index in [1.54, 1.807) is 19.1 Å². The molecule has 0 atom stereocenters. The molecular formula is C18H16ClN3O3. The summed E-state index contributed by atoms with van der Waals surface area (Å²) in [6.45, 7) is 2.39. The van der Waals surface area contributed by atoms with Gasteiger partial charge in [-0.05, 0) is 37.3 Å². The number of H-pyrrole nitrogens is 1. The van der Waals surface area contributed by atoms with Gasteiger partial charge in [0.2, 0.25) is 0 Å². The number of carbonyl (C=O) groups is 1. The van der Waals surface area contributed by atoms with Gasteiger partial charge in [-0.3, -0.25) is 0 Å². The largest absolute Gasteiger partial charge is 0.489 e. The van der Waals surface area contributed by atoms with Crippen LogP contribution in [0.15, 0.2) is 48.5 Å². The van der Waals surface area contributed by atoms with Crippen molar-refractivity contribution in [2.24, 2.45) is 0 Å². The predicted octanol–water partition coefficient (Wildman–Crippen LogP) is 3.88. The van der Waals surface area contributed by atoms with Gasteiger partial charge in [-0.2, -0.15) is 10.3 Å². The fourth-order valence-corrected chi connectivity index (χ4v) is 2.45. The van der Waals surface area contributed by atoms with E-state index < -0.39 is 5.97 Å². The minimum Gasteiger partial charge on any atom is -0.489 e. The Labute approximate surface area is 149 Å². The zero-order chi connectivity index (χ0) is 17.6. The van der Waals surface area contributed by atoms with Crippen molar-refractivity contribution in [3.63, 3.8) is 0 Å². The van der Waals surface area contributed by atoms with Crippen LogP contribution in [-0.4, -0.2) is 28.0 Å². The fraction of sp³-hybridized carbons (Fsp3) is 0.167. The standard InChI is InChI=1S/C18H16ClN3O3/c1-2-24-18(23)17-16(20-22-21-17)12-7-9-14(10-8-12)25-11-13-5-3-4-6-15(13)19/h3-10H,2,11H2,1H3,(H,20,21,22). The summed E-state index contributed by atoms with van der Waals surface area (Å²) in [4.78, 5) is 11.9. The molecule has 0 spiro atoms. The maximum absolute atomic E-state index is 11.9. The van der Waals surface area contributed by atoms with Crippen molar-refractivity contribution in [3.8, 4) is 17.0 Å². The van der Waals surface area contributed by atoms with Gasteiger partial charge in [0.05, 0.1) is 6.61 Å². The molecule has 0 unspecified atom stereocenters. The van der Waals surface area contributed by atoms with Crippen LogP contribution in [0.25, 0.3) is 11.3 Å². The molecule has 1 heterocycles. The van der Waals surface area contributed by atoms with Gasteiger partial charge in [-0.15, -0.1) is 5.10 Å². The summed E-state index contributed by atoms with van der Waals surface area (Å²) in [5.74, 6) is 0.176. The minimum absolute atomic E-state index is 0.159. The van der Waals surface area contributed by atoms with Crippen LogP contribution in [0, 0.1) is 0 Å². The van der Waals surface area contributed by atoms with Crippen molar-refractivity contribution in [1.82, 2.24) is 15.4 Å². The average Bonchev–Trinajstić information content (AvgIpc) is 3.12. The maximum atomic E-state index is 11.9. The molecule has 0 bridgehead atoms. The first-order valence-corrected chi connectivity index (χ1v) is 8.11. The molecule has 0 saturated carbocycles. The molecule has 3 rings (SSSR count). The molecule has 0 aliphatic carbocycles. The number of nitrogens with zero attached hydrogens (tertiary/aromatic N) is 2. The number of esters is 1. The van der Waals surface area contributed by atoms with Crippen molar-refractivity contribution in [2.45, 2.75) is 13.5 Å². The van der Waals surface area contributed by atoms with Crippen LogP contribution in [0.1, 0.15) is 23.0 Å². The molecule has 1 aromatic heterocycles. The van der Waals surface area contributed by atoms with Crippen molar-refractivity contribution in [3.05, 3.63) is 64.8 Å². The lowest BCUT2D eigenvalue weighted by molar-refractivity contribution is 0.0520. The van der Waals surface area contributed by atoms with Gasteiger partial charge in [0.15, 0.2) is 5.69 Å². The van der Waals surface area contributed by atoms with E-state index in [0.717, 1.165) is 11.1 Å². The van der Waals surface area contributed by atoms with Crippen molar-refractivity contribution in [1.29, 1.82) is 0 Å². The highest BCUT2D eigenvalue weighted by Crippen LogP contribution is 2.24. The Bertz CT molecular complexity index is 862. The van der Waals surface area contributed by atoms with Crippen LogP contribution < -0.4 is 4.74 Å². The quantitative estimate of drug-likeness (QED) is 0.677. The highest BCUT2D eigenvalue weighted by atomic mass is 35.5. The van der Waals surface area contributed by atoms with E-state index >= 15 is 0 Å². The molecule has 25 heavy (non-hydrogen) atoms. The van der Waals surface area contributed by atoms with Gasteiger partial charge in [0.25, 0.3) is 0 Å². The zero-order valence-corrected chi connectivity index (χ0v) is 14.3. The monoisotopic (exact) mass is 357 g/mol. The molecule has 0 amide bonds. The molecule has 0 aliphatic heterocycles. The summed E-state index contributed by atoms with van der Waals surface area (Å²) < 4.78 is 10.7. The van der Waals surface area contributed by atoms with Crippen LogP contribution in [0.2, 0.25) is 5.02 Å². The highest BCUT2D eigenvalue weighted by Gasteiger charge is 2.18. The number of aromatic amines is 1. The van der Waals surface area contributed by atoms with Crippen LogP contribution in [0.4, 0.5) is 0 Å². The van der Waals surface area contributed by atoms with Crippen molar-refractivity contribution < 1.29 is 14.3 Å². The Morgan fingerprint density at radius 1 is 1.12 bits per heavy atom. The summed E-state index contributed by atoms with van der Waals surface area (Å²) >= 11 is 6.11. The van der Waals surface area contributed by atoms with Crippen LogP contribution in [0.3, 0.4) is 0 Å². The molecule has 7 heteroatoms. The second-order valence-electron chi connectivity index (χ2n) is 5.15. The number of rotatable bonds is 6. The SMILES string of the molecule is CCOC(=O)c1n[nH]nc1-c1ccc(OCc2ccccc2Cl)cc1. The van der Waals surface area contributed by atoms with Gasteiger partial charge in [0, 0.05) is 16.1 Å². The smallest absolute Gasteiger partial charge is 0.361 e. The first-order valence-electron chi connectivity index (χ1n) is 7.73. The third-order valence-corrected chi connectivity index (χ3v) is 3.87. The van der Waals surface area contributed by atoms with E-state index in [1.807, 2.05) is 36.4 Å². The molecule has 2 aromatic carbocycles. The number of halogens is 1. The van der Waals surface area contributed by atoms with E-state index in [9.17, 15) is 4.79 Å². The normalized spacial score (nSPS) is 10.5. The number of aromatic nitrogens is 3. The lowest BCUT2D eigenvalue weighted by Crippen LogP contribution is -2.06. The van der Waals surface area contributed by atoms with E-state index in [2.05, 4.69) is 15.4 Å². The molecule has 0 aliphatic rings. The Morgan fingerprint density at radius 3 is 2.60 bits per heavy atom. The number of nitrogens with one attached hydrogen (secondary N) is 1. The number of carbonyl (C=O) groups excluding carboxylic acids is 1. The van der Waals surface area contributed by atoms with Crippen LogP contribution >= 0.6 is 11.6 Å². The predicted molar refractivity (Wildman–Crippen MR) is 93.6 cm³/mol. The Morgan fingerprint density at radius 2 is 1.88 bits per heavy atom. The molecule has 6 nitrogen and oxygen atoms in total. The number of hydrogen-bond donors (Lipinski definition) is 1. The van der Waals surface area contributed by atoms with Crippen LogP contribution in [0.5, 0.6) is 5.75 Å². The lowest BCUT2D eigenvalue weighted by Gasteiger charge is -2.08. The van der Waals surface area contributed by atoms with Crippen molar-refractivity contribution >= 4 is 17.6 Å². The molecular weight excluding hydrogens is 342 g/mol. The summed E-state index contributed by atoms with van der Waals surface area (Å²) in [6.07, 6.45) is 0. The number of benzene rings is 2. The summed E-state index contributed by atoms with van der Waals surface area (Å²) in [5.41, 5.74) is 2.25. The average molecular weight is 358 g/mol. The van der Waals surface area contributed by atoms with Gasteiger partial charge in [-0.25, -0.2) is 4.79 Å². The van der Waals surface area contributed by atoms with Gasteiger partial charge in [0.1, 0.15) is 18.1 Å². The first-order chi connectivity index (χ1) is 12.2. The second-order valence-corrected chi connectivity index (χ2v) is 5.55. The molecule has 0 radical (unpaired) electrons. The van der Waals surface area contributed by atoms with Gasteiger partial charge in [-0.1, -0.05) is 29.8 Å². The minimum atomic E-state index is -0.509. The Balaban J connectivity index is 1.72. The summed E-state index contributed by atoms with van der Waals surface area (Å²) in [5, 5.41) is 11.0. The Hall–Kier alpha value is -2.86. The molecule has 1 N–H and O–H groups in total. The van der Waals surface area contributed by atoms with Crippen LogP contribution in [-0.2, 0) is 11.3 Å². The number of ether oxygens (including phenoxy) is 2. The third kappa shape index (κ3) is 3.97. The molecule has 0 fully saturated rings. The molecule has 128 valence electrons. The highest BCUT2D eigenvalue weighted by molar-refractivity contribution is 6.31. The Kier molecular flexibility index (Phi) is 5.30. The van der Waals surface area contributed by atoms with Gasteiger partial charge >= 0.3 is 5.97 Å². The van der Waals surface area contributed by atoms with E-state index in [4.69, 9.17) is 21.1 Å². The second kappa shape index (κ2) is 7.81. The summed E-state index contributed by atoms with van der Waals surface area (Å²) in [6, 6.07) is 14.7. The zero-order valence-electron chi connectivity index (χ0n) is 13.5. The molecule has 3 aromatic rings. The topological polar surface area (TPSA) is 77.1 Å². The fourth-order valence-electron chi connectivity index (χ4n) is 2.26. The van der Waals surface area contributed by atoms with E-state index in [-0.39, 0.29) is 12.3 Å². The van der Waals surface area contributed by atoms with E-state index in [0.29, 0.717) is 23.1 Å². The maximum Gasteiger partial charge on any atom is 0.361 e. The van der Waals surface area contributed by atoms with E-state index in [1.165, 1.54) is 0 Å². The first kappa shape index (κ1) is 17.0. The molecule has 0 saturated heterocycles. The van der Waals surface area contributed by atoms with Crippen molar-refractivity contribution in [2.75, 3.05) is 6.61 Å². The third-order valence-electron chi connectivity index (χ3n) is 3.50. The van der Waals surface area contributed by atoms with Gasteiger partial charge < -0.3 is 9.47 Å².